The minimum Gasteiger partial charge on any atom is -0.396 e. The molecule has 3 aromatic rings. The van der Waals surface area contributed by atoms with E-state index in [0.29, 0.717) is 35.1 Å². The number of rotatable bonds is 8. The van der Waals surface area contributed by atoms with Crippen molar-refractivity contribution in [2.75, 3.05) is 51.0 Å². The average Bonchev–Trinajstić information content (AvgIpc) is 3.07. The summed E-state index contributed by atoms with van der Waals surface area (Å²) in [4.78, 5) is 50.0. The molecule has 0 radical (unpaired) electrons. The number of nitrogen functional groups attached to an aromatic ring is 1. The van der Waals surface area contributed by atoms with Gasteiger partial charge >= 0.3 is 0 Å². The fourth-order valence-corrected chi connectivity index (χ4v) is 5.77. The topological polar surface area (TPSA) is 132 Å². The summed E-state index contributed by atoms with van der Waals surface area (Å²) < 4.78 is 0. The molecule has 2 aromatic carbocycles. The number of piperidine rings is 1. The molecule has 1 atom stereocenters. The smallest absolute Gasteiger partial charge is 0.256 e. The standard InChI is InChI=1S/C32H38N6O4/c1-36-13-9-21(10-14-36)19-35-30(40)25-5-3-4-22(16-25)20-38-27(11-15-39)32(42)37(2)28-17-23(6-7-26(28)31(38)41)24-8-12-34-29(33)18-24/h3-8,12,16-18,21,27,39H,9-11,13-15,19-20H2,1-2H3,(H2,33,34)(H,35,40)/t27-/m1/s1. The van der Waals surface area contributed by atoms with E-state index in [1.54, 1.807) is 49.6 Å². The second kappa shape index (κ2) is 12.7. The second-order valence-corrected chi connectivity index (χ2v) is 11.2. The highest BCUT2D eigenvalue weighted by atomic mass is 16.3. The molecule has 42 heavy (non-hydrogen) atoms. The minimum atomic E-state index is -0.873. The van der Waals surface area contributed by atoms with Gasteiger partial charge in [0.05, 0.1) is 11.3 Å². The van der Waals surface area contributed by atoms with E-state index in [1.165, 1.54) is 9.80 Å². The highest BCUT2D eigenvalue weighted by molar-refractivity contribution is 6.11. The average molecular weight is 571 g/mol. The highest BCUT2D eigenvalue weighted by Crippen LogP contribution is 2.33. The summed E-state index contributed by atoms with van der Waals surface area (Å²) >= 11 is 0. The number of hydrogen-bond acceptors (Lipinski definition) is 7. The van der Waals surface area contributed by atoms with E-state index in [-0.39, 0.29) is 37.3 Å². The van der Waals surface area contributed by atoms with Crippen molar-refractivity contribution in [3.63, 3.8) is 0 Å². The number of fused-ring (bicyclic) bond motifs is 1. The van der Waals surface area contributed by atoms with Gasteiger partial charge in [0.2, 0.25) is 5.91 Å². The lowest BCUT2D eigenvalue weighted by atomic mass is 9.97. The van der Waals surface area contributed by atoms with Crippen molar-refractivity contribution in [2.45, 2.75) is 31.8 Å². The number of nitrogens with zero attached hydrogens (tertiary/aromatic N) is 4. The third-order valence-electron chi connectivity index (χ3n) is 8.29. The van der Waals surface area contributed by atoms with Gasteiger partial charge in [0.25, 0.3) is 11.8 Å². The molecule has 0 saturated carbocycles. The number of hydrogen-bond donors (Lipinski definition) is 3. The number of pyridine rings is 1. The molecule has 0 bridgehead atoms. The molecule has 1 saturated heterocycles. The maximum Gasteiger partial charge on any atom is 0.256 e. The van der Waals surface area contributed by atoms with Crippen LogP contribution in [-0.2, 0) is 11.3 Å². The van der Waals surface area contributed by atoms with Gasteiger partial charge in [-0.2, -0.15) is 0 Å². The number of aliphatic hydroxyl groups is 1. The van der Waals surface area contributed by atoms with Gasteiger partial charge in [0, 0.05) is 38.5 Å². The van der Waals surface area contributed by atoms with Crippen molar-refractivity contribution < 1.29 is 19.5 Å². The van der Waals surface area contributed by atoms with Gasteiger partial charge in [0.15, 0.2) is 0 Å². The Morgan fingerprint density at radius 3 is 2.55 bits per heavy atom. The molecule has 2 aliphatic heterocycles. The number of carbonyl (C=O) groups is 3. The predicted molar refractivity (Wildman–Crippen MR) is 162 cm³/mol. The molecule has 3 amide bonds. The van der Waals surface area contributed by atoms with Crippen LogP contribution in [0.2, 0.25) is 0 Å². The van der Waals surface area contributed by atoms with Crippen LogP contribution in [0, 0.1) is 5.92 Å². The summed E-state index contributed by atoms with van der Waals surface area (Å²) in [6, 6.07) is 15.2. The maximum absolute atomic E-state index is 14.0. The van der Waals surface area contributed by atoms with E-state index in [9.17, 15) is 19.5 Å². The maximum atomic E-state index is 14.0. The Labute approximate surface area is 246 Å². The number of amides is 3. The first-order valence-corrected chi connectivity index (χ1v) is 14.4. The molecule has 4 N–H and O–H groups in total. The van der Waals surface area contributed by atoms with Crippen molar-refractivity contribution in [3.05, 3.63) is 77.5 Å². The van der Waals surface area contributed by atoms with Gasteiger partial charge in [-0.15, -0.1) is 0 Å². The zero-order valence-corrected chi connectivity index (χ0v) is 24.1. The number of likely N-dealkylation sites (N-methyl/N-ethyl adjacent to an activating group) is 1. The number of aliphatic hydroxyl groups excluding tert-OH is 1. The Hall–Kier alpha value is -4.28. The Morgan fingerprint density at radius 1 is 1.05 bits per heavy atom. The van der Waals surface area contributed by atoms with Crippen molar-refractivity contribution >= 4 is 29.2 Å². The number of carbonyl (C=O) groups excluding carboxylic acids is 3. The molecular formula is C32H38N6O4. The lowest BCUT2D eigenvalue weighted by Gasteiger charge is -2.30. The van der Waals surface area contributed by atoms with E-state index in [2.05, 4.69) is 22.2 Å². The quantitative estimate of drug-likeness (QED) is 0.379. The van der Waals surface area contributed by atoms with Crippen LogP contribution in [0.25, 0.3) is 11.1 Å². The first-order valence-electron chi connectivity index (χ1n) is 14.4. The summed E-state index contributed by atoms with van der Waals surface area (Å²) in [5, 5.41) is 12.9. The molecule has 10 nitrogen and oxygen atoms in total. The number of nitrogens with one attached hydrogen (secondary N) is 1. The third-order valence-corrected chi connectivity index (χ3v) is 8.29. The molecule has 0 aliphatic carbocycles. The van der Waals surface area contributed by atoms with E-state index >= 15 is 0 Å². The molecule has 5 rings (SSSR count). The zero-order valence-electron chi connectivity index (χ0n) is 24.1. The van der Waals surface area contributed by atoms with Crippen molar-refractivity contribution in [1.82, 2.24) is 20.1 Å². The van der Waals surface area contributed by atoms with Crippen molar-refractivity contribution in [3.8, 4) is 11.1 Å². The van der Waals surface area contributed by atoms with Gasteiger partial charge in [0.1, 0.15) is 11.9 Å². The van der Waals surface area contributed by atoms with Crippen LogP contribution in [0.1, 0.15) is 45.5 Å². The van der Waals surface area contributed by atoms with Crippen molar-refractivity contribution in [1.29, 1.82) is 0 Å². The highest BCUT2D eigenvalue weighted by Gasteiger charge is 2.38. The number of benzene rings is 2. The van der Waals surface area contributed by atoms with Crippen LogP contribution < -0.4 is 16.0 Å². The molecule has 0 spiro atoms. The summed E-state index contributed by atoms with van der Waals surface area (Å²) in [6.07, 6.45) is 3.82. The fraction of sp³-hybridized carbons (Fsp3) is 0.375. The van der Waals surface area contributed by atoms with Crippen LogP contribution in [0.4, 0.5) is 11.5 Å². The van der Waals surface area contributed by atoms with Crippen LogP contribution in [0.3, 0.4) is 0 Å². The molecule has 1 fully saturated rings. The van der Waals surface area contributed by atoms with Crippen LogP contribution in [0.5, 0.6) is 0 Å². The van der Waals surface area contributed by atoms with E-state index in [4.69, 9.17) is 5.73 Å². The monoisotopic (exact) mass is 570 g/mol. The molecule has 2 aliphatic rings. The summed E-state index contributed by atoms with van der Waals surface area (Å²) in [5.74, 6) is 0.0561. The van der Waals surface area contributed by atoms with Gasteiger partial charge in [-0.1, -0.05) is 18.2 Å². The Balaban J connectivity index is 1.39. The van der Waals surface area contributed by atoms with Crippen molar-refractivity contribution in [2.24, 2.45) is 5.92 Å². The first kappa shape index (κ1) is 29.2. The van der Waals surface area contributed by atoms with Crippen LogP contribution in [-0.4, -0.2) is 84.0 Å². The molecule has 220 valence electrons. The van der Waals surface area contributed by atoms with E-state index in [1.807, 2.05) is 18.2 Å². The summed E-state index contributed by atoms with van der Waals surface area (Å²) in [6.45, 7) is 2.55. The third kappa shape index (κ3) is 6.29. The van der Waals surface area contributed by atoms with E-state index < -0.39 is 6.04 Å². The molecule has 10 heteroatoms. The predicted octanol–water partition coefficient (Wildman–Crippen LogP) is 2.77. The van der Waals surface area contributed by atoms with Gasteiger partial charge < -0.3 is 30.9 Å². The zero-order chi connectivity index (χ0) is 29.8. The SMILES string of the molecule is CN1CCC(CNC(=O)c2cccc(CN3C(=O)c4ccc(-c5ccnc(N)c5)cc4N(C)C(=O)[C@H]3CCO)c2)CC1. The van der Waals surface area contributed by atoms with Crippen LogP contribution >= 0.6 is 0 Å². The van der Waals surface area contributed by atoms with E-state index in [0.717, 1.165) is 42.6 Å². The Kier molecular flexibility index (Phi) is 8.84. The lowest BCUT2D eigenvalue weighted by molar-refractivity contribution is -0.123. The number of aromatic nitrogens is 1. The normalized spacial score (nSPS) is 18.1. The molecular weight excluding hydrogens is 532 g/mol. The number of likely N-dealkylation sites (tertiary alicyclic amines) is 1. The van der Waals surface area contributed by atoms with Gasteiger partial charge in [-0.3, -0.25) is 14.4 Å². The molecule has 1 aromatic heterocycles. The number of nitrogens with two attached hydrogens (primary N) is 1. The van der Waals surface area contributed by atoms with Gasteiger partial charge in [-0.05, 0) is 98.4 Å². The van der Waals surface area contributed by atoms with Crippen LogP contribution in [0.15, 0.2) is 60.8 Å². The molecule has 3 heterocycles. The second-order valence-electron chi connectivity index (χ2n) is 11.2. The number of anilines is 2. The largest absolute Gasteiger partial charge is 0.396 e. The lowest BCUT2D eigenvalue weighted by Crippen LogP contribution is -2.47. The first-order chi connectivity index (χ1) is 20.2. The summed E-state index contributed by atoms with van der Waals surface area (Å²) in [5.41, 5.74) is 9.57. The summed E-state index contributed by atoms with van der Waals surface area (Å²) in [7, 11) is 3.75. The minimum absolute atomic E-state index is 0.0907. The Bertz CT molecular complexity index is 1470. The fourth-order valence-electron chi connectivity index (χ4n) is 5.77. The van der Waals surface area contributed by atoms with Gasteiger partial charge in [-0.25, -0.2) is 4.98 Å². The molecule has 0 unspecified atom stereocenters. The Morgan fingerprint density at radius 2 is 1.81 bits per heavy atom.